The fraction of sp³-hybridized carbons (Fsp3) is 0.438. The van der Waals surface area contributed by atoms with Gasteiger partial charge >= 0.3 is 0 Å². The number of amides is 1. The molecule has 0 unspecified atom stereocenters. The Balaban J connectivity index is 2.93. The summed E-state index contributed by atoms with van der Waals surface area (Å²) in [5.74, 6) is -0.722. The minimum atomic E-state index is -0.470. The van der Waals surface area contributed by atoms with Crippen LogP contribution in [-0.4, -0.2) is 35.1 Å². The van der Waals surface area contributed by atoms with Gasteiger partial charge in [0.25, 0.3) is 0 Å². The predicted octanol–water partition coefficient (Wildman–Crippen LogP) is 3.50. The topological polar surface area (TPSA) is 40.5 Å². The SMILES string of the molecule is CCC(CC)N(CCO)C(=O)C=Cc1c(F)cccc1Cl. The summed E-state index contributed by atoms with van der Waals surface area (Å²) >= 11 is 5.91. The van der Waals surface area contributed by atoms with E-state index in [-0.39, 0.29) is 35.7 Å². The van der Waals surface area contributed by atoms with Gasteiger partial charge in [-0.05, 0) is 31.1 Å². The molecule has 0 atom stereocenters. The molecule has 0 heterocycles. The lowest BCUT2D eigenvalue weighted by Gasteiger charge is -2.29. The van der Waals surface area contributed by atoms with E-state index < -0.39 is 5.82 Å². The normalized spacial score (nSPS) is 11.3. The zero-order valence-corrected chi connectivity index (χ0v) is 13.1. The summed E-state index contributed by atoms with van der Waals surface area (Å²) in [5.41, 5.74) is 0.195. The van der Waals surface area contributed by atoms with E-state index in [9.17, 15) is 9.18 Å². The Morgan fingerprint density at radius 3 is 2.62 bits per heavy atom. The van der Waals surface area contributed by atoms with Gasteiger partial charge in [0.15, 0.2) is 0 Å². The number of carbonyl (C=O) groups is 1. The molecule has 0 aliphatic rings. The Morgan fingerprint density at radius 1 is 1.43 bits per heavy atom. The first-order valence-electron chi connectivity index (χ1n) is 7.08. The van der Waals surface area contributed by atoms with E-state index in [0.29, 0.717) is 0 Å². The third kappa shape index (κ3) is 4.83. The summed E-state index contributed by atoms with van der Waals surface area (Å²) in [7, 11) is 0. The number of hydrogen-bond acceptors (Lipinski definition) is 2. The van der Waals surface area contributed by atoms with Gasteiger partial charge in [-0.2, -0.15) is 0 Å². The fourth-order valence-corrected chi connectivity index (χ4v) is 2.46. The molecule has 1 aromatic rings. The Kier molecular flexibility index (Phi) is 7.40. The van der Waals surface area contributed by atoms with E-state index in [2.05, 4.69) is 0 Å². The maximum Gasteiger partial charge on any atom is 0.246 e. The van der Waals surface area contributed by atoms with E-state index in [1.54, 1.807) is 11.0 Å². The second-order valence-corrected chi connectivity index (χ2v) is 5.10. The number of rotatable bonds is 7. The maximum absolute atomic E-state index is 13.6. The lowest BCUT2D eigenvalue weighted by atomic mass is 10.1. The van der Waals surface area contributed by atoms with Crippen LogP contribution in [0.2, 0.25) is 5.02 Å². The van der Waals surface area contributed by atoms with Crippen molar-refractivity contribution in [2.24, 2.45) is 0 Å². The van der Waals surface area contributed by atoms with E-state index in [0.717, 1.165) is 12.8 Å². The third-order valence-electron chi connectivity index (χ3n) is 3.40. The van der Waals surface area contributed by atoms with Gasteiger partial charge in [0.1, 0.15) is 5.82 Å². The first-order chi connectivity index (χ1) is 10.0. The number of aliphatic hydroxyl groups excluding tert-OH is 1. The van der Waals surface area contributed by atoms with Crippen molar-refractivity contribution in [1.82, 2.24) is 4.90 Å². The molecule has 0 saturated heterocycles. The van der Waals surface area contributed by atoms with Gasteiger partial charge in [-0.3, -0.25) is 4.79 Å². The first kappa shape index (κ1) is 17.7. The van der Waals surface area contributed by atoms with Crippen LogP contribution in [-0.2, 0) is 4.79 Å². The van der Waals surface area contributed by atoms with E-state index >= 15 is 0 Å². The zero-order valence-electron chi connectivity index (χ0n) is 12.4. The van der Waals surface area contributed by atoms with Crippen LogP contribution >= 0.6 is 11.6 Å². The second kappa shape index (κ2) is 8.80. The minimum absolute atomic E-state index is 0.0605. The van der Waals surface area contributed by atoms with E-state index in [4.69, 9.17) is 16.7 Å². The molecule has 0 aliphatic carbocycles. The van der Waals surface area contributed by atoms with Crippen LogP contribution in [0.1, 0.15) is 32.3 Å². The Hall–Kier alpha value is -1.39. The van der Waals surface area contributed by atoms with E-state index in [1.807, 2.05) is 13.8 Å². The third-order valence-corrected chi connectivity index (χ3v) is 3.73. The van der Waals surface area contributed by atoms with Crippen molar-refractivity contribution in [3.63, 3.8) is 0 Å². The molecule has 21 heavy (non-hydrogen) atoms. The Morgan fingerprint density at radius 2 is 2.10 bits per heavy atom. The summed E-state index contributed by atoms with van der Waals surface area (Å²) in [6, 6.07) is 4.44. The van der Waals surface area contributed by atoms with Crippen LogP contribution in [0.4, 0.5) is 4.39 Å². The molecule has 0 saturated carbocycles. The second-order valence-electron chi connectivity index (χ2n) is 4.69. The molecule has 1 N–H and O–H groups in total. The average molecular weight is 314 g/mol. The van der Waals surface area contributed by atoms with Crippen molar-refractivity contribution < 1.29 is 14.3 Å². The lowest BCUT2D eigenvalue weighted by Crippen LogP contribution is -2.40. The molecule has 3 nitrogen and oxygen atoms in total. The average Bonchev–Trinajstić information content (AvgIpc) is 2.46. The predicted molar refractivity (Wildman–Crippen MR) is 83.6 cm³/mol. The van der Waals surface area contributed by atoms with Crippen molar-refractivity contribution in [2.75, 3.05) is 13.2 Å². The molecule has 0 bridgehead atoms. The van der Waals surface area contributed by atoms with Crippen LogP contribution in [0.25, 0.3) is 6.08 Å². The zero-order chi connectivity index (χ0) is 15.8. The molecule has 0 fully saturated rings. The lowest BCUT2D eigenvalue weighted by molar-refractivity contribution is -0.128. The van der Waals surface area contributed by atoms with Crippen LogP contribution < -0.4 is 0 Å². The number of halogens is 2. The quantitative estimate of drug-likeness (QED) is 0.783. The molecular formula is C16H21ClFNO2. The number of nitrogens with zero attached hydrogens (tertiary/aromatic N) is 1. The van der Waals surface area contributed by atoms with Crippen molar-refractivity contribution in [2.45, 2.75) is 32.7 Å². The Bertz CT molecular complexity index is 481. The highest BCUT2D eigenvalue weighted by molar-refractivity contribution is 6.32. The number of carbonyl (C=O) groups excluding carboxylic acids is 1. The number of hydrogen-bond donors (Lipinski definition) is 1. The summed E-state index contributed by atoms with van der Waals surface area (Å²) in [5, 5.41) is 9.36. The van der Waals surface area contributed by atoms with Gasteiger partial charge in [-0.1, -0.05) is 31.5 Å². The van der Waals surface area contributed by atoms with Crippen LogP contribution in [0.5, 0.6) is 0 Å². The summed E-state index contributed by atoms with van der Waals surface area (Å²) < 4.78 is 13.6. The molecule has 1 aromatic carbocycles. The van der Waals surface area contributed by atoms with Gasteiger partial charge in [0.2, 0.25) is 5.91 Å². The Labute approximate surface area is 130 Å². The summed E-state index contributed by atoms with van der Waals surface area (Å²) in [6.45, 7) is 4.14. The van der Waals surface area contributed by atoms with Crippen molar-refractivity contribution in [3.8, 4) is 0 Å². The molecule has 0 spiro atoms. The fourth-order valence-electron chi connectivity index (χ4n) is 2.23. The van der Waals surface area contributed by atoms with Gasteiger partial charge in [0, 0.05) is 24.2 Å². The largest absolute Gasteiger partial charge is 0.395 e. The molecule has 116 valence electrons. The number of benzene rings is 1. The van der Waals surface area contributed by atoms with Crippen molar-refractivity contribution >= 4 is 23.6 Å². The highest BCUT2D eigenvalue weighted by Gasteiger charge is 2.18. The molecule has 0 aliphatic heterocycles. The van der Waals surface area contributed by atoms with Crippen LogP contribution in [0.15, 0.2) is 24.3 Å². The summed E-state index contributed by atoms with van der Waals surface area (Å²) in [4.78, 5) is 13.9. The molecule has 5 heteroatoms. The van der Waals surface area contributed by atoms with Crippen molar-refractivity contribution in [3.05, 3.63) is 40.7 Å². The van der Waals surface area contributed by atoms with Gasteiger partial charge in [0.05, 0.1) is 11.6 Å². The van der Waals surface area contributed by atoms with Gasteiger partial charge in [-0.25, -0.2) is 4.39 Å². The van der Waals surface area contributed by atoms with E-state index in [1.165, 1.54) is 24.3 Å². The van der Waals surface area contributed by atoms with Crippen LogP contribution in [0, 0.1) is 5.82 Å². The van der Waals surface area contributed by atoms with Gasteiger partial charge in [-0.15, -0.1) is 0 Å². The molecule has 0 aromatic heterocycles. The summed E-state index contributed by atoms with van der Waals surface area (Å²) in [6.07, 6.45) is 4.29. The number of aliphatic hydroxyl groups is 1. The standard InChI is InChI=1S/C16H21ClFNO2/c1-3-12(4-2)19(10-11-20)16(21)9-8-13-14(17)6-5-7-15(13)18/h5-9,12,20H,3-4,10-11H2,1-2H3. The molecule has 0 radical (unpaired) electrons. The molecular weight excluding hydrogens is 293 g/mol. The monoisotopic (exact) mass is 313 g/mol. The van der Waals surface area contributed by atoms with Gasteiger partial charge < -0.3 is 10.0 Å². The highest BCUT2D eigenvalue weighted by Crippen LogP contribution is 2.20. The molecule has 1 rings (SSSR count). The molecule has 1 amide bonds. The van der Waals surface area contributed by atoms with Crippen LogP contribution in [0.3, 0.4) is 0 Å². The smallest absolute Gasteiger partial charge is 0.246 e. The first-order valence-corrected chi connectivity index (χ1v) is 7.46. The highest BCUT2D eigenvalue weighted by atomic mass is 35.5. The maximum atomic E-state index is 13.6. The van der Waals surface area contributed by atoms with Crippen molar-refractivity contribution in [1.29, 1.82) is 0 Å². The minimum Gasteiger partial charge on any atom is -0.395 e.